The van der Waals surface area contributed by atoms with Gasteiger partial charge in [0, 0.05) is 12.6 Å². The Hall–Kier alpha value is -1.62. The third-order valence-corrected chi connectivity index (χ3v) is 5.08. The van der Waals surface area contributed by atoms with Crippen molar-refractivity contribution in [2.75, 3.05) is 11.4 Å². The number of thiazole rings is 1. The Balaban J connectivity index is 1.60. The third kappa shape index (κ3) is 2.16. The molecule has 0 radical (unpaired) electrons. The van der Waals surface area contributed by atoms with Gasteiger partial charge in [-0.2, -0.15) is 0 Å². The average Bonchev–Trinajstić information content (AvgIpc) is 3.00. The summed E-state index contributed by atoms with van der Waals surface area (Å²) in [7, 11) is 0. The number of benzene rings is 1. The Labute approximate surface area is 121 Å². The van der Waals surface area contributed by atoms with E-state index in [0.29, 0.717) is 6.04 Å². The molecule has 2 aliphatic rings. The molecule has 4 nitrogen and oxygen atoms in total. The number of hydrogen-bond acceptors (Lipinski definition) is 4. The highest BCUT2D eigenvalue weighted by molar-refractivity contribution is 7.22. The molecule has 0 bridgehead atoms. The minimum absolute atomic E-state index is 0.0313. The molecule has 1 atom stereocenters. The van der Waals surface area contributed by atoms with Crippen LogP contribution in [-0.2, 0) is 4.79 Å². The van der Waals surface area contributed by atoms with Crippen molar-refractivity contribution in [2.24, 2.45) is 0 Å². The van der Waals surface area contributed by atoms with Gasteiger partial charge in [-0.05, 0) is 37.8 Å². The molecule has 1 N–H and O–H groups in total. The van der Waals surface area contributed by atoms with E-state index in [4.69, 9.17) is 0 Å². The lowest BCUT2D eigenvalue weighted by Crippen LogP contribution is -2.44. The molecule has 2 fully saturated rings. The highest BCUT2D eigenvalue weighted by Crippen LogP contribution is 2.33. The molecule has 5 heteroatoms. The van der Waals surface area contributed by atoms with Crippen molar-refractivity contribution in [3.63, 3.8) is 0 Å². The van der Waals surface area contributed by atoms with Gasteiger partial charge in [0.2, 0.25) is 5.91 Å². The normalized spacial score (nSPS) is 22.4. The van der Waals surface area contributed by atoms with Gasteiger partial charge in [0.1, 0.15) is 6.04 Å². The zero-order valence-corrected chi connectivity index (χ0v) is 12.0. The molecule has 20 heavy (non-hydrogen) atoms. The van der Waals surface area contributed by atoms with Crippen LogP contribution in [0.1, 0.15) is 25.7 Å². The Bertz CT molecular complexity index is 616. The number of amides is 1. The molecule has 0 unspecified atom stereocenters. The number of anilines is 1. The van der Waals surface area contributed by atoms with Gasteiger partial charge in [0.15, 0.2) is 5.13 Å². The number of hydrogen-bond donors (Lipinski definition) is 1. The first-order chi connectivity index (χ1) is 9.81. The van der Waals surface area contributed by atoms with Crippen LogP contribution in [0.15, 0.2) is 24.3 Å². The zero-order chi connectivity index (χ0) is 13.5. The van der Waals surface area contributed by atoms with Gasteiger partial charge in [-0.3, -0.25) is 4.79 Å². The molecular formula is C15H17N3OS. The molecule has 1 saturated carbocycles. The highest BCUT2D eigenvalue weighted by atomic mass is 32.1. The monoisotopic (exact) mass is 287 g/mol. The maximum absolute atomic E-state index is 12.3. The topological polar surface area (TPSA) is 45.2 Å². The largest absolute Gasteiger partial charge is 0.352 e. The van der Waals surface area contributed by atoms with Crippen LogP contribution in [0.2, 0.25) is 0 Å². The van der Waals surface area contributed by atoms with Crippen LogP contribution in [0.3, 0.4) is 0 Å². The number of para-hydroxylation sites is 1. The van der Waals surface area contributed by atoms with Gasteiger partial charge in [-0.1, -0.05) is 23.5 Å². The summed E-state index contributed by atoms with van der Waals surface area (Å²) in [5.74, 6) is 0.184. The van der Waals surface area contributed by atoms with E-state index in [2.05, 4.69) is 21.3 Å². The van der Waals surface area contributed by atoms with Gasteiger partial charge in [-0.15, -0.1) is 0 Å². The van der Waals surface area contributed by atoms with Crippen molar-refractivity contribution in [3.05, 3.63) is 24.3 Å². The Morgan fingerprint density at radius 3 is 2.95 bits per heavy atom. The van der Waals surface area contributed by atoms with Crippen molar-refractivity contribution in [1.29, 1.82) is 0 Å². The minimum atomic E-state index is -0.0313. The lowest BCUT2D eigenvalue weighted by atomic mass is 10.2. The second kappa shape index (κ2) is 4.74. The van der Waals surface area contributed by atoms with Crippen LogP contribution in [0.4, 0.5) is 5.13 Å². The predicted octanol–water partition coefficient (Wildman–Crippen LogP) is 2.54. The first-order valence-electron chi connectivity index (χ1n) is 7.24. The number of fused-ring (bicyclic) bond motifs is 1. The lowest BCUT2D eigenvalue weighted by Gasteiger charge is -2.23. The van der Waals surface area contributed by atoms with E-state index in [1.54, 1.807) is 11.3 Å². The standard InChI is InChI=1S/C15H17N3OS/c19-14(16-10-7-8-10)12-5-3-9-18(12)15-17-11-4-1-2-6-13(11)20-15/h1-2,4,6,10,12H,3,5,7-9H2,(H,16,19)/t12-/m0/s1. The molecule has 2 aromatic rings. The van der Waals surface area contributed by atoms with Crippen LogP contribution in [0.5, 0.6) is 0 Å². The molecule has 104 valence electrons. The molecule has 1 saturated heterocycles. The molecule has 1 aliphatic heterocycles. The van der Waals surface area contributed by atoms with E-state index in [1.165, 1.54) is 4.70 Å². The van der Waals surface area contributed by atoms with Crippen molar-refractivity contribution < 1.29 is 4.79 Å². The van der Waals surface area contributed by atoms with E-state index in [9.17, 15) is 4.79 Å². The Morgan fingerprint density at radius 1 is 1.30 bits per heavy atom. The molecule has 2 heterocycles. The van der Waals surface area contributed by atoms with Gasteiger partial charge < -0.3 is 10.2 Å². The van der Waals surface area contributed by atoms with Crippen LogP contribution >= 0.6 is 11.3 Å². The number of rotatable bonds is 3. The van der Waals surface area contributed by atoms with Crippen LogP contribution in [0.25, 0.3) is 10.2 Å². The van der Waals surface area contributed by atoms with E-state index in [-0.39, 0.29) is 11.9 Å². The summed E-state index contributed by atoms with van der Waals surface area (Å²) in [5, 5.41) is 4.11. The number of nitrogens with zero attached hydrogens (tertiary/aromatic N) is 2. The van der Waals surface area contributed by atoms with Crippen molar-refractivity contribution >= 4 is 32.6 Å². The van der Waals surface area contributed by atoms with E-state index in [0.717, 1.165) is 42.9 Å². The fourth-order valence-corrected chi connectivity index (χ4v) is 3.82. The molecule has 1 aromatic carbocycles. The first kappa shape index (κ1) is 12.1. The Kier molecular flexibility index (Phi) is 2.88. The average molecular weight is 287 g/mol. The molecule has 0 spiro atoms. The van der Waals surface area contributed by atoms with Crippen LogP contribution in [-0.4, -0.2) is 29.5 Å². The van der Waals surface area contributed by atoms with E-state index < -0.39 is 0 Å². The number of carbonyl (C=O) groups excluding carboxylic acids is 1. The minimum Gasteiger partial charge on any atom is -0.352 e. The number of nitrogens with one attached hydrogen (secondary N) is 1. The van der Waals surface area contributed by atoms with Gasteiger partial charge in [0.25, 0.3) is 0 Å². The zero-order valence-electron chi connectivity index (χ0n) is 11.2. The van der Waals surface area contributed by atoms with E-state index >= 15 is 0 Å². The summed E-state index contributed by atoms with van der Waals surface area (Å²) in [6, 6.07) is 8.56. The molecule has 1 amide bonds. The van der Waals surface area contributed by atoms with Crippen molar-refractivity contribution in [1.82, 2.24) is 10.3 Å². The maximum Gasteiger partial charge on any atom is 0.243 e. The Morgan fingerprint density at radius 2 is 2.15 bits per heavy atom. The summed E-state index contributed by atoms with van der Waals surface area (Å²) in [6.07, 6.45) is 4.28. The smallest absolute Gasteiger partial charge is 0.243 e. The molecular weight excluding hydrogens is 270 g/mol. The quantitative estimate of drug-likeness (QED) is 0.943. The molecule has 1 aliphatic carbocycles. The number of aromatic nitrogens is 1. The summed E-state index contributed by atoms with van der Waals surface area (Å²) >= 11 is 1.69. The lowest BCUT2D eigenvalue weighted by molar-refractivity contribution is -0.122. The van der Waals surface area contributed by atoms with Gasteiger partial charge >= 0.3 is 0 Å². The SMILES string of the molecule is O=C(NC1CC1)[C@@H]1CCCN1c1nc2ccccc2s1. The van der Waals surface area contributed by atoms with Crippen molar-refractivity contribution in [3.8, 4) is 0 Å². The fourth-order valence-electron chi connectivity index (χ4n) is 2.78. The fraction of sp³-hybridized carbons (Fsp3) is 0.467. The number of carbonyl (C=O) groups is 1. The highest BCUT2D eigenvalue weighted by Gasteiger charge is 2.35. The predicted molar refractivity (Wildman–Crippen MR) is 81.2 cm³/mol. The molecule has 1 aromatic heterocycles. The second-order valence-electron chi connectivity index (χ2n) is 5.60. The molecule has 4 rings (SSSR count). The van der Waals surface area contributed by atoms with Gasteiger partial charge in [0.05, 0.1) is 10.2 Å². The van der Waals surface area contributed by atoms with Crippen molar-refractivity contribution in [2.45, 2.75) is 37.8 Å². The van der Waals surface area contributed by atoms with E-state index in [1.807, 2.05) is 18.2 Å². The second-order valence-corrected chi connectivity index (χ2v) is 6.61. The maximum atomic E-state index is 12.3. The van der Waals surface area contributed by atoms with Crippen LogP contribution < -0.4 is 10.2 Å². The van der Waals surface area contributed by atoms with Gasteiger partial charge in [-0.25, -0.2) is 4.98 Å². The first-order valence-corrected chi connectivity index (χ1v) is 8.05. The summed E-state index contributed by atoms with van der Waals surface area (Å²) in [4.78, 5) is 19.2. The van der Waals surface area contributed by atoms with Crippen LogP contribution in [0, 0.1) is 0 Å². The third-order valence-electron chi connectivity index (χ3n) is 4.01. The summed E-state index contributed by atoms with van der Waals surface area (Å²) < 4.78 is 1.19. The summed E-state index contributed by atoms with van der Waals surface area (Å²) in [6.45, 7) is 0.933. The summed E-state index contributed by atoms with van der Waals surface area (Å²) in [5.41, 5.74) is 1.03.